The van der Waals surface area contributed by atoms with E-state index in [2.05, 4.69) is 115 Å². The van der Waals surface area contributed by atoms with Crippen molar-refractivity contribution in [2.24, 2.45) is 4.99 Å². The monoisotopic (exact) mass is 540 g/mol. The lowest BCUT2D eigenvalue weighted by Crippen LogP contribution is -1.97. The summed E-state index contributed by atoms with van der Waals surface area (Å²) in [7, 11) is 0. The topological polar surface area (TPSA) is 42.5 Å². The minimum absolute atomic E-state index is 0.864. The third-order valence-corrected chi connectivity index (χ3v) is 8.22. The zero-order valence-electron chi connectivity index (χ0n) is 23.3. The van der Waals surface area contributed by atoms with Crippen LogP contribution in [0.5, 0.6) is 0 Å². The standard InChI is InChI=1S/C38H28N4/c1-2-31-24-30(23-28-10-3-5-14-33(28)39-31)26-19-17-25(18-20-26)27-11-9-12-29(22-27)36-38-37(32-13-4-6-15-34(32)40-36)41-35-16-7-8-21-42(35)38/h3-23H,2,24H2,1H3. The Hall–Kier alpha value is -5.35. The molecule has 4 nitrogen and oxygen atoms in total. The Labute approximate surface area is 244 Å². The molecule has 0 saturated carbocycles. The summed E-state index contributed by atoms with van der Waals surface area (Å²) in [6, 6.07) is 40.4. The Kier molecular flexibility index (Phi) is 5.78. The van der Waals surface area contributed by atoms with Crippen LogP contribution in [0.2, 0.25) is 0 Å². The van der Waals surface area contributed by atoms with Crippen LogP contribution in [-0.4, -0.2) is 20.1 Å². The minimum atomic E-state index is 0.864. The predicted molar refractivity (Wildman–Crippen MR) is 175 cm³/mol. The maximum absolute atomic E-state index is 5.17. The van der Waals surface area contributed by atoms with Gasteiger partial charge in [-0.3, -0.25) is 9.39 Å². The number of nitrogens with zero attached hydrogens (tertiary/aromatic N) is 4. The molecule has 0 saturated heterocycles. The largest absolute Gasteiger partial charge is 0.298 e. The average molecular weight is 541 g/mol. The molecule has 7 aromatic rings. The molecule has 0 fully saturated rings. The van der Waals surface area contributed by atoms with Crippen molar-refractivity contribution < 1.29 is 0 Å². The lowest BCUT2D eigenvalue weighted by Gasteiger charge is -2.11. The molecule has 4 aromatic carbocycles. The van der Waals surface area contributed by atoms with Gasteiger partial charge in [-0.2, -0.15) is 0 Å². The molecule has 42 heavy (non-hydrogen) atoms. The molecule has 0 unspecified atom stereocenters. The molecule has 1 aliphatic rings. The molecule has 4 heterocycles. The first-order chi connectivity index (χ1) is 20.7. The SMILES string of the molecule is CCC1=Nc2ccccc2C=C(c2ccc(-c3cccc(-c4nc5ccccc5c5nc6ccccn6c45)c3)cc2)C1. The van der Waals surface area contributed by atoms with E-state index in [-0.39, 0.29) is 0 Å². The van der Waals surface area contributed by atoms with Crippen LogP contribution in [0.25, 0.3) is 61.6 Å². The predicted octanol–water partition coefficient (Wildman–Crippen LogP) is 9.80. The van der Waals surface area contributed by atoms with Gasteiger partial charge in [0.05, 0.1) is 22.4 Å². The van der Waals surface area contributed by atoms with Crippen molar-refractivity contribution in [3.63, 3.8) is 0 Å². The fourth-order valence-corrected chi connectivity index (χ4v) is 6.05. The molecule has 0 spiro atoms. The molecule has 0 radical (unpaired) electrons. The van der Waals surface area contributed by atoms with Gasteiger partial charge < -0.3 is 0 Å². The van der Waals surface area contributed by atoms with Crippen molar-refractivity contribution in [1.29, 1.82) is 0 Å². The Balaban J connectivity index is 1.21. The first kappa shape index (κ1) is 24.4. The lowest BCUT2D eigenvalue weighted by atomic mass is 9.94. The summed E-state index contributed by atoms with van der Waals surface area (Å²) < 4.78 is 2.15. The van der Waals surface area contributed by atoms with E-state index >= 15 is 0 Å². The summed E-state index contributed by atoms with van der Waals surface area (Å²) >= 11 is 0. The van der Waals surface area contributed by atoms with E-state index in [1.54, 1.807) is 0 Å². The van der Waals surface area contributed by atoms with Gasteiger partial charge in [-0.05, 0) is 65.1 Å². The highest BCUT2D eigenvalue weighted by atomic mass is 15.0. The number of allylic oxidation sites excluding steroid dienone is 1. The van der Waals surface area contributed by atoms with Crippen LogP contribution < -0.4 is 0 Å². The second kappa shape index (κ2) is 9.93. The van der Waals surface area contributed by atoms with Crippen LogP contribution in [0.3, 0.4) is 0 Å². The number of aromatic nitrogens is 3. The second-order valence-electron chi connectivity index (χ2n) is 10.8. The maximum Gasteiger partial charge on any atom is 0.137 e. The molecular weight excluding hydrogens is 512 g/mol. The fraction of sp³-hybridized carbons (Fsp3) is 0.0789. The number of hydrogen-bond donors (Lipinski definition) is 0. The van der Waals surface area contributed by atoms with Crippen LogP contribution in [0.15, 0.2) is 126 Å². The number of para-hydroxylation sites is 2. The average Bonchev–Trinajstić information content (AvgIpc) is 3.33. The van der Waals surface area contributed by atoms with Crippen LogP contribution in [0, 0.1) is 0 Å². The molecular formula is C38H28N4. The molecule has 4 heteroatoms. The lowest BCUT2D eigenvalue weighted by molar-refractivity contribution is 1.22. The van der Waals surface area contributed by atoms with Gasteiger partial charge >= 0.3 is 0 Å². The highest BCUT2D eigenvalue weighted by Crippen LogP contribution is 2.36. The number of aliphatic imine (C=N–C) groups is 1. The highest BCUT2D eigenvalue weighted by Gasteiger charge is 2.17. The molecule has 0 N–H and O–H groups in total. The van der Waals surface area contributed by atoms with E-state index in [9.17, 15) is 0 Å². The molecule has 0 bridgehead atoms. The van der Waals surface area contributed by atoms with E-state index in [0.717, 1.165) is 62.9 Å². The zero-order chi connectivity index (χ0) is 28.0. The van der Waals surface area contributed by atoms with E-state index in [1.165, 1.54) is 28.0 Å². The molecule has 8 rings (SSSR count). The maximum atomic E-state index is 5.17. The third-order valence-electron chi connectivity index (χ3n) is 8.22. The zero-order valence-corrected chi connectivity index (χ0v) is 23.3. The fourth-order valence-electron chi connectivity index (χ4n) is 6.05. The Morgan fingerprint density at radius 2 is 1.48 bits per heavy atom. The van der Waals surface area contributed by atoms with Gasteiger partial charge in [-0.1, -0.05) is 91.9 Å². The first-order valence-corrected chi connectivity index (χ1v) is 14.5. The van der Waals surface area contributed by atoms with E-state index in [1.807, 2.05) is 24.3 Å². The Morgan fingerprint density at radius 3 is 2.38 bits per heavy atom. The summed E-state index contributed by atoms with van der Waals surface area (Å²) in [4.78, 5) is 15.1. The van der Waals surface area contributed by atoms with E-state index in [4.69, 9.17) is 15.0 Å². The van der Waals surface area contributed by atoms with Crippen molar-refractivity contribution in [3.8, 4) is 22.4 Å². The molecule has 0 aliphatic carbocycles. The Bertz CT molecular complexity index is 2200. The minimum Gasteiger partial charge on any atom is -0.298 e. The quantitative estimate of drug-likeness (QED) is 0.223. The molecule has 0 atom stereocenters. The summed E-state index contributed by atoms with van der Waals surface area (Å²) in [5, 5.41) is 1.07. The molecule has 0 amide bonds. The van der Waals surface area contributed by atoms with Gasteiger partial charge in [0.2, 0.25) is 0 Å². The smallest absolute Gasteiger partial charge is 0.137 e. The van der Waals surface area contributed by atoms with Crippen molar-refractivity contribution in [3.05, 3.63) is 133 Å². The number of benzene rings is 4. The van der Waals surface area contributed by atoms with E-state index in [0.29, 0.717) is 0 Å². The summed E-state index contributed by atoms with van der Waals surface area (Å²) in [6.07, 6.45) is 6.17. The highest BCUT2D eigenvalue weighted by molar-refractivity contribution is 6.09. The summed E-state index contributed by atoms with van der Waals surface area (Å²) in [6.45, 7) is 2.19. The second-order valence-corrected chi connectivity index (χ2v) is 10.8. The van der Waals surface area contributed by atoms with Gasteiger partial charge in [0, 0.05) is 34.8 Å². The van der Waals surface area contributed by atoms with Crippen molar-refractivity contribution in [1.82, 2.24) is 14.4 Å². The van der Waals surface area contributed by atoms with E-state index < -0.39 is 0 Å². The van der Waals surface area contributed by atoms with Crippen molar-refractivity contribution in [2.75, 3.05) is 0 Å². The molecule has 3 aromatic heterocycles. The molecule has 200 valence electrons. The van der Waals surface area contributed by atoms with Crippen LogP contribution >= 0.6 is 0 Å². The third kappa shape index (κ3) is 4.11. The van der Waals surface area contributed by atoms with Crippen molar-refractivity contribution in [2.45, 2.75) is 19.8 Å². The summed E-state index contributed by atoms with van der Waals surface area (Å²) in [5.41, 5.74) is 14.2. The van der Waals surface area contributed by atoms with Crippen LogP contribution in [0.4, 0.5) is 5.69 Å². The number of pyridine rings is 2. The van der Waals surface area contributed by atoms with Gasteiger partial charge in [0.25, 0.3) is 0 Å². The normalized spacial score (nSPS) is 13.2. The van der Waals surface area contributed by atoms with Crippen LogP contribution in [0.1, 0.15) is 30.9 Å². The number of fused-ring (bicyclic) bond motifs is 6. The molecule has 1 aliphatic heterocycles. The first-order valence-electron chi connectivity index (χ1n) is 14.5. The Morgan fingerprint density at radius 1 is 0.690 bits per heavy atom. The number of imidazole rings is 1. The number of rotatable bonds is 4. The number of hydrogen-bond acceptors (Lipinski definition) is 3. The van der Waals surface area contributed by atoms with Gasteiger partial charge in [-0.15, -0.1) is 0 Å². The van der Waals surface area contributed by atoms with Gasteiger partial charge in [0.1, 0.15) is 11.2 Å². The van der Waals surface area contributed by atoms with Crippen LogP contribution in [-0.2, 0) is 0 Å². The van der Waals surface area contributed by atoms with Crippen molar-refractivity contribution >= 4 is 50.6 Å². The van der Waals surface area contributed by atoms with Gasteiger partial charge in [-0.25, -0.2) is 9.97 Å². The summed E-state index contributed by atoms with van der Waals surface area (Å²) in [5.74, 6) is 0. The van der Waals surface area contributed by atoms with Gasteiger partial charge in [0.15, 0.2) is 0 Å².